The van der Waals surface area contributed by atoms with Crippen LogP contribution in [0.5, 0.6) is 5.75 Å². The molecule has 1 fully saturated rings. The fourth-order valence-electron chi connectivity index (χ4n) is 4.37. The third-order valence-corrected chi connectivity index (χ3v) is 8.74. The van der Waals surface area contributed by atoms with Gasteiger partial charge >= 0.3 is 6.18 Å². The number of halogens is 3. The van der Waals surface area contributed by atoms with Crippen LogP contribution in [-0.2, 0) is 16.2 Å². The number of nitrogens with zero attached hydrogens (tertiary/aromatic N) is 3. The van der Waals surface area contributed by atoms with E-state index in [-0.39, 0.29) is 13.2 Å². The monoisotopic (exact) mass is 572 g/mol. The van der Waals surface area contributed by atoms with Crippen LogP contribution in [0.25, 0.3) is 10.2 Å². The second-order valence-electron chi connectivity index (χ2n) is 9.21. The number of aryl methyl sites for hydroxylation is 1. The van der Waals surface area contributed by atoms with Gasteiger partial charge < -0.3 is 14.7 Å². The van der Waals surface area contributed by atoms with Gasteiger partial charge in [0.1, 0.15) is 18.5 Å². The molecule has 208 valence electrons. The van der Waals surface area contributed by atoms with Gasteiger partial charge in [0.25, 0.3) is 0 Å². The summed E-state index contributed by atoms with van der Waals surface area (Å²) in [6, 6.07) is 9.88. The topological polar surface area (TPSA) is 95.0 Å². The Morgan fingerprint density at radius 1 is 1.13 bits per heavy atom. The lowest BCUT2D eigenvalue weighted by Gasteiger charge is -2.35. The summed E-state index contributed by atoms with van der Waals surface area (Å²) in [5, 5.41) is 11.4. The number of β-amino-alcohol motifs (C(OH)–C–C–N with tert-alkyl or cyclic N) is 1. The van der Waals surface area contributed by atoms with Gasteiger partial charge in [-0.05, 0) is 44.2 Å². The third-order valence-electron chi connectivity index (χ3n) is 6.27. The second-order valence-corrected chi connectivity index (χ2v) is 12.2. The van der Waals surface area contributed by atoms with Crippen LogP contribution >= 0.6 is 11.3 Å². The van der Waals surface area contributed by atoms with Crippen molar-refractivity contribution < 1.29 is 31.4 Å². The second kappa shape index (κ2) is 12.3. The molecule has 8 nitrogen and oxygen atoms in total. The van der Waals surface area contributed by atoms with Crippen LogP contribution in [0.2, 0.25) is 0 Å². The van der Waals surface area contributed by atoms with E-state index >= 15 is 0 Å². The number of thiazole rings is 1. The van der Waals surface area contributed by atoms with Gasteiger partial charge in [-0.1, -0.05) is 12.1 Å². The van der Waals surface area contributed by atoms with Crippen molar-refractivity contribution >= 4 is 31.6 Å². The predicted molar refractivity (Wildman–Crippen MR) is 140 cm³/mol. The molecule has 1 aliphatic heterocycles. The zero-order chi connectivity index (χ0) is 27.3. The molecule has 0 spiro atoms. The van der Waals surface area contributed by atoms with Crippen molar-refractivity contribution in [1.29, 1.82) is 0 Å². The highest BCUT2D eigenvalue weighted by atomic mass is 32.2. The van der Waals surface area contributed by atoms with Crippen LogP contribution in [0.4, 0.5) is 13.2 Å². The molecule has 0 unspecified atom stereocenters. The molecule has 0 radical (unpaired) electrons. The van der Waals surface area contributed by atoms with E-state index in [0.29, 0.717) is 25.3 Å². The summed E-state index contributed by atoms with van der Waals surface area (Å²) < 4.78 is 73.5. The Labute approximate surface area is 224 Å². The maximum Gasteiger partial charge on any atom is 0.417 e. The Balaban J connectivity index is 1.14. The average Bonchev–Trinajstić information content (AvgIpc) is 3.25. The number of benzene rings is 2. The summed E-state index contributed by atoms with van der Waals surface area (Å²) >= 11 is 1.62. The molecule has 38 heavy (non-hydrogen) atoms. The maximum absolute atomic E-state index is 13.2. The third kappa shape index (κ3) is 7.64. The number of rotatable bonds is 11. The summed E-state index contributed by atoms with van der Waals surface area (Å²) in [4.78, 5) is 8.01. The largest absolute Gasteiger partial charge is 0.491 e. The minimum Gasteiger partial charge on any atom is -0.491 e. The summed E-state index contributed by atoms with van der Waals surface area (Å²) in [6.45, 7) is 6.24. The van der Waals surface area contributed by atoms with Gasteiger partial charge in [-0.2, -0.15) is 13.2 Å². The van der Waals surface area contributed by atoms with Crippen molar-refractivity contribution in [1.82, 2.24) is 19.5 Å². The standard InChI is InChI=1S/C25H31F3N4O4S2/c1-18-30-22-15-20(7-8-23(22)37-18)36-17-19(33)16-32-13-11-31(12-14-32)10-4-9-29-38(34,35)24-6-3-2-5-21(24)25(26,27)28/h2-3,5-8,15,19,29,33H,4,9-14,16-17H2,1H3/t19-/m1/s1. The number of ether oxygens (including phenoxy) is 1. The Bertz CT molecular complexity index is 1330. The molecule has 1 saturated heterocycles. The van der Waals surface area contributed by atoms with Gasteiger partial charge in [-0.25, -0.2) is 18.1 Å². The molecule has 2 aromatic carbocycles. The number of aliphatic hydroxyl groups excluding tert-OH is 1. The molecule has 4 rings (SSSR count). The van der Waals surface area contributed by atoms with E-state index in [1.807, 2.05) is 25.1 Å². The van der Waals surface area contributed by atoms with E-state index < -0.39 is 32.8 Å². The van der Waals surface area contributed by atoms with E-state index in [0.717, 1.165) is 59.6 Å². The van der Waals surface area contributed by atoms with Crippen LogP contribution in [0.3, 0.4) is 0 Å². The maximum atomic E-state index is 13.2. The van der Waals surface area contributed by atoms with Gasteiger partial charge in [0.05, 0.1) is 25.7 Å². The van der Waals surface area contributed by atoms with Crippen LogP contribution in [-0.4, -0.2) is 86.8 Å². The first-order valence-electron chi connectivity index (χ1n) is 12.3. The highest BCUT2D eigenvalue weighted by molar-refractivity contribution is 7.89. The number of alkyl halides is 3. The molecule has 0 bridgehead atoms. The first kappa shape index (κ1) is 28.7. The van der Waals surface area contributed by atoms with Crippen molar-refractivity contribution in [2.75, 3.05) is 52.4 Å². The Kier molecular flexibility index (Phi) is 9.27. The van der Waals surface area contributed by atoms with E-state index in [1.165, 1.54) is 6.07 Å². The smallest absolute Gasteiger partial charge is 0.417 e. The number of sulfonamides is 1. The predicted octanol–water partition coefficient (Wildman–Crippen LogP) is 3.35. The molecule has 0 amide bonds. The highest BCUT2D eigenvalue weighted by Gasteiger charge is 2.36. The first-order chi connectivity index (χ1) is 18.0. The molecule has 2 N–H and O–H groups in total. The molecule has 1 aromatic heterocycles. The lowest BCUT2D eigenvalue weighted by molar-refractivity contribution is -0.139. The number of aliphatic hydroxyl groups is 1. The van der Waals surface area contributed by atoms with Crippen molar-refractivity contribution in [3.8, 4) is 5.75 Å². The van der Waals surface area contributed by atoms with Gasteiger partial charge in [0.2, 0.25) is 10.0 Å². The van der Waals surface area contributed by atoms with E-state index in [4.69, 9.17) is 4.74 Å². The number of fused-ring (bicyclic) bond motifs is 1. The quantitative estimate of drug-likeness (QED) is 0.341. The Morgan fingerprint density at radius 3 is 2.58 bits per heavy atom. The fourth-order valence-corrected chi connectivity index (χ4v) is 6.48. The van der Waals surface area contributed by atoms with Crippen molar-refractivity contribution in [3.05, 3.63) is 53.0 Å². The molecule has 0 saturated carbocycles. The molecular weight excluding hydrogens is 541 g/mol. The van der Waals surface area contributed by atoms with Crippen LogP contribution < -0.4 is 9.46 Å². The number of piperazine rings is 1. The number of hydrogen-bond donors (Lipinski definition) is 2. The minimum absolute atomic E-state index is 0.0387. The van der Waals surface area contributed by atoms with Crippen LogP contribution in [0, 0.1) is 6.92 Å². The zero-order valence-electron chi connectivity index (χ0n) is 20.9. The van der Waals surface area contributed by atoms with Crippen LogP contribution in [0.15, 0.2) is 47.4 Å². The fraction of sp³-hybridized carbons (Fsp3) is 0.480. The van der Waals surface area contributed by atoms with Gasteiger partial charge in [0.15, 0.2) is 0 Å². The highest BCUT2D eigenvalue weighted by Crippen LogP contribution is 2.33. The number of aromatic nitrogens is 1. The normalized spacial score (nSPS) is 16.7. The summed E-state index contributed by atoms with van der Waals surface area (Å²) in [6.07, 6.45) is -4.93. The summed E-state index contributed by atoms with van der Waals surface area (Å²) in [7, 11) is -4.27. The lowest BCUT2D eigenvalue weighted by atomic mass is 10.2. The number of hydrogen-bond acceptors (Lipinski definition) is 8. The van der Waals surface area contributed by atoms with Crippen molar-refractivity contribution in [2.24, 2.45) is 0 Å². The summed E-state index contributed by atoms with van der Waals surface area (Å²) in [5.41, 5.74) is -0.290. The number of nitrogens with one attached hydrogen (secondary N) is 1. The lowest BCUT2D eigenvalue weighted by Crippen LogP contribution is -2.49. The zero-order valence-corrected chi connectivity index (χ0v) is 22.6. The average molecular weight is 573 g/mol. The van der Waals surface area contributed by atoms with Crippen molar-refractivity contribution in [3.63, 3.8) is 0 Å². The molecule has 0 aliphatic carbocycles. The van der Waals surface area contributed by atoms with Gasteiger partial charge in [-0.15, -0.1) is 11.3 Å². The van der Waals surface area contributed by atoms with E-state index in [9.17, 15) is 26.7 Å². The molecular formula is C25H31F3N4O4S2. The van der Waals surface area contributed by atoms with E-state index in [1.54, 1.807) is 11.3 Å². The molecule has 3 aromatic rings. The molecule has 2 heterocycles. The molecule has 13 heteroatoms. The van der Waals surface area contributed by atoms with Gasteiger partial charge in [-0.3, -0.25) is 4.90 Å². The Hall–Kier alpha value is -2.29. The minimum atomic E-state index is -4.75. The molecule has 1 atom stereocenters. The van der Waals surface area contributed by atoms with Crippen molar-refractivity contribution in [2.45, 2.75) is 30.5 Å². The van der Waals surface area contributed by atoms with E-state index in [2.05, 4.69) is 19.5 Å². The SMILES string of the molecule is Cc1nc2cc(OC[C@H](O)CN3CCN(CCCNS(=O)(=O)c4ccccc4C(F)(F)F)CC3)ccc2s1. The molecule has 1 aliphatic rings. The Morgan fingerprint density at radius 2 is 1.84 bits per heavy atom. The first-order valence-corrected chi connectivity index (χ1v) is 14.6. The van der Waals surface area contributed by atoms with Gasteiger partial charge in [0, 0.05) is 45.3 Å². The summed E-state index contributed by atoms with van der Waals surface area (Å²) in [5.74, 6) is 0.671. The van der Waals surface area contributed by atoms with Crippen LogP contribution in [0.1, 0.15) is 17.0 Å².